The van der Waals surface area contributed by atoms with Crippen LogP contribution >= 0.6 is 94.5 Å². The molecular weight excluding hydrogens is 1780 g/mol. The fraction of sp³-hybridized carbons (Fsp3) is 0.439. The summed E-state index contributed by atoms with van der Waals surface area (Å²) in [6.45, 7) is 4.64. The maximum Gasteiger partial charge on any atom is 0.335 e. The van der Waals surface area contributed by atoms with Crippen molar-refractivity contribution in [2.24, 2.45) is 5.14 Å². The smallest absolute Gasteiger partial charge is 0.335 e. The number of carboxylic acid groups (broad SMARTS) is 6. The minimum absolute atomic E-state index is 0.0426. The SMILES string of the molecule is CC(=O)Sc1c(Cl)cc(C(C)=O)cc1C(=O)N(CC(=O)O)C1CCC1.CC(=O)Sc1cc(Cl)c(S(N)(=O)=O)cc1C(=O)N(CC(=O)O)C1CCCC1.CC(=O)Sc1cc(N(C)C)ccc1C(=O)N(CC(=O)O)C1CCCC1.CC(=O)Sc1ccc(C(=O)O)cc1C(=O)N(CC(=O)O)C1CCCC1.O=C(O)CN(C(=O)c1c(O)ccc(Cl)c1S)C1CCCC1. The first-order chi connectivity index (χ1) is 57.7. The number of nitrogens with zero attached hydrogens (tertiary/aromatic N) is 6. The quantitative estimate of drug-likeness (QED) is 0.0128. The van der Waals surface area contributed by atoms with Gasteiger partial charge in [0.1, 0.15) is 43.4 Å². The van der Waals surface area contributed by atoms with E-state index in [1.165, 1.54) is 108 Å². The minimum Gasteiger partial charge on any atom is -0.507 e. The molecule has 0 heterocycles. The molecule has 0 spiro atoms. The molecule has 0 aromatic heterocycles. The van der Waals surface area contributed by atoms with Crippen molar-refractivity contribution in [2.45, 2.75) is 216 Å². The summed E-state index contributed by atoms with van der Waals surface area (Å²) >= 11 is 25.6. The number of Topliss-reactive ketones (excluding diaryl/α,β-unsaturated/α-hetero) is 1. The molecule has 5 saturated carbocycles. The number of carbonyl (C=O) groups excluding carboxylic acids is 10. The summed E-state index contributed by atoms with van der Waals surface area (Å²) in [7, 11) is -0.449. The summed E-state index contributed by atoms with van der Waals surface area (Å²) in [6, 6.07) is 16.2. The summed E-state index contributed by atoms with van der Waals surface area (Å²) in [6.07, 6.45) is 15.8. The first kappa shape index (κ1) is 103. The lowest BCUT2D eigenvalue weighted by Gasteiger charge is -2.37. The Labute approximate surface area is 747 Å². The van der Waals surface area contributed by atoms with Crippen molar-refractivity contribution in [3.05, 3.63) is 127 Å². The molecule has 0 atom stereocenters. The van der Waals surface area contributed by atoms with Gasteiger partial charge in [0, 0.05) is 108 Å². The van der Waals surface area contributed by atoms with Crippen molar-refractivity contribution in [3.63, 3.8) is 0 Å². The number of halogens is 3. The highest BCUT2D eigenvalue weighted by molar-refractivity contribution is 8.14. The molecule has 5 aromatic rings. The van der Waals surface area contributed by atoms with E-state index in [4.69, 9.17) is 60.4 Å². The van der Waals surface area contributed by atoms with Crippen LogP contribution in [0.1, 0.15) is 229 Å². The second-order valence-electron chi connectivity index (χ2n) is 29.4. The molecule has 32 nitrogen and oxygen atoms in total. The summed E-state index contributed by atoms with van der Waals surface area (Å²) in [5, 5.41) is 69.1. The van der Waals surface area contributed by atoms with Crippen LogP contribution in [-0.4, -0.2) is 237 Å². The molecule has 666 valence electrons. The Balaban J connectivity index is 0.000000238. The van der Waals surface area contributed by atoms with Gasteiger partial charge in [-0.25, -0.2) is 18.4 Å². The largest absolute Gasteiger partial charge is 0.507 e. The first-order valence-electron chi connectivity index (χ1n) is 38.7. The van der Waals surface area contributed by atoms with Crippen LogP contribution in [0, 0.1) is 0 Å². The standard InChI is InChI=1S/C18H24N2O4S.C17H18ClNO5S.C17H19NO6S.C16H19ClN2O6S2.C14H16ClNO4S/c1-12(21)25-16-10-14(19(2)3)8-9-15(16)18(24)20(11-17(22)23)13-6-4-5-7-13;1-9(20)11-6-13(16(14(18)7-11)25-10(2)21)17(24)19(8-15(22)23)12-4-3-5-12;1-10(19)25-14-7-6-11(17(23)24)8-13(14)16(22)18(9-15(20)21)12-4-2-3-5-12;1-9(20)26-13-7-12(17)14(27(18,24)25)6-11(13)16(23)19(8-15(21)22)10-4-2-3-5-10;15-9-5-6-10(17)12(13(9)21)14(20)16(7-11(18)19)8-3-1-2-4-8/h8-10,13H,4-7,11H2,1-3H3,(H,22,23);6-7,12H,3-5,8H2,1-2H3,(H,22,23);6-8,12H,2-5,9H2,1H3,(H,20,21)(H,23,24);6-7,10H,2-5,8H2,1H3,(H,21,22)(H2,18,24,25);5-6,8,17,21H,1-4,7H2,(H,18,19). The van der Waals surface area contributed by atoms with Gasteiger partial charge in [0.15, 0.2) is 26.2 Å². The van der Waals surface area contributed by atoms with Crippen molar-refractivity contribution >= 4 is 202 Å². The third-order valence-corrected chi connectivity index (χ3v) is 26.3. The normalized spacial score (nSPS) is 14.5. The Morgan fingerprint density at radius 1 is 0.398 bits per heavy atom. The van der Waals surface area contributed by atoms with Gasteiger partial charge >= 0.3 is 35.8 Å². The molecule has 0 aliphatic heterocycles. The van der Waals surface area contributed by atoms with Gasteiger partial charge in [-0.3, -0.25) is 71.9 Å². The molecule has 41 heteroatoms. The van der Waals surface area contributed by atoms with Gasteiger partial charge in [-0.2, -0.15) is 0 Å². The van der Waals surface area contributed by atoms with E-state index in [0.717, 1.165) is 143 Å². The third-order valence-electron chi connectivity index (χ3n) is 20.2. The molecule has 5 aliphatic rings. The molecule has 0 unspecified atom stereocenters. The maximum absolute atomic E-state index is 13.1. The highest BCUT2D eigenvalue weighted by Crippen LogP contribution is 2.40. The Hall–Kier alpha value is -9.25. The van der Waals surface area contributed by atoms with E-state index in [1.807, 2.05) is 25.1 Å². The number of phenols is 1. The van der Waals surface area contributed by atoms with Crippen LogP contribution in [0.15, 0.2) is 102 Å². The summed E-state index contributed by atoms with van der Waals surface area (Å²) in [5.41, 5.74) is 1.41. The monoisotopic (exact) mass is 1880 g/mol. The number of rotatable bonds is 28. The van der Waals surface area contributed by atoms with E-state index in [-0.39, 0.29) is 138 Å². The number of thioether (sulfide) groups is 4. The number of aromatic carboxylic acids is 1. The number of sulfonamides is 1. The lowest BCUT2D eigenvalue weighted by Crippen LogP contribution is -2.47. The highest BCUT2D eigenvalue weighted by atomic mass is 35.5. The number of hydrogen-bond donors (Lipinski definition) is 9. The van der Waals surface area contributed by atoms with Gasteiger partial charge in [-0.15, -0.1) is 12.6 Å². The number of primary sulfonamides is 1. The summed E-state index contributed by atoms with van der Waals surface area (Å²) in [4.78, 5) is 199. The van der Waals surface area contributed by atoms with Crippen molar-refractivity contribution in [1.82, 2.24) is 24.5 Å². The molecule has 5 aromatic carbocycles. The number of ketones is 1. The van der Waals surface area contributed by atoms with E-state index >= 15 is 0 Å². The molecular formula is C82H96Cl3N7O25S6. The Bertz CT molecular complexity index is 4990. The summed E-state index contributed by atoms with van der Waals surface area (Å²) < 4.78 is 23.5. The van der Waals surface area contributed by atoms with Crippen molar-refractivity contribution in [1.29, 1.82) is 0 Å². The van der Waals surface area contributed by atoms with Gasteiger partial charge in [0.05, 0.1) is 48.4 Å². The predicted octanol–water partition coefficient (Wildman–Crippen LogP) is 13.5. The van der Waals surface area contributed by atoms with Crippen LogP contribution in [0.4, 0.5) is 5.69 Å². The van der Waals surface area contributed by atoms with E-state index in [1.54, 1.807) is 12.1 Å². The van der Waals surface area contributed by atoms with Crippen molar-refractivity contribution in [2.75, 3.05) is 51.7 Å². The van der Waals surface area contributed by atoms with E-state index in [0.29, 0.717) is 52.8 Å². The van der Waals surface area contributed by atoms with Crippen LogP contribution in [0.5, 0.6) is 5.75 Å². The lowest BCUT2D eigenvalue weighted by atomic mass is 9.90. The molecule has 0 radical (unpaired) electrons. The molecule has 10 rings (SSSR count). The van der Waals surface area contributed by atoms with Crippen LogP contribution in [0.2, 0.25) is 15.1 Å². The number of aromatic hydroxyl groups is 1. The van der Waals surface area contributed by atoms with Gasteiger partial charge in [0.25, 0.3) is 29.5 Å². The highest BCUT2D eigenvalue weighted by Gasteiger charge is 2.38. The fourth-order valence-corrected chi connectivity index (χ4v) is 19.1. The number of aliphatic carboxylic acids is 5. The zero-order valence-corrected chi connectivity index (χ0v) is 75.4. The zero-order valence-electron chi connectivity index (χ0n) is 68.1. The number of phenolic OH excluding ortho intramolecular Hbond substituents is 1. The zero-order chi connectivity index (χ0) is 91.8. The van der Waals surface area contributed by atoms with E-state index < -0.39 is 101 Å². The molecule has 5 aliphatic carbocycles. The fourth-order valence-electron chi connectivity index (χ4n) is 14.3. The molecule has 5 fully saturated rings. The molecule has 0 bridgehead atoms. The van der Waals surface area contributed by atoms with Gasteiger partial charge in [-0.05, 0) is 162 Å². The van der Waals surface area contributed by atoms with Crippen LogP contribution in [-0.2, 0) is 53.2 Å². The number of hydrogen-bond acceptors (Lipinski definition) is 25. The number of anilines is 1. The Morgan fingerprint density at radius 2 is 0.748 bits per heavy atom. The average molecular weight is 1880 g/mol. The van der Waals surface area contributed by atoms with Crippen molar-refractivity contribution in [3.8, 4) is 5.75 Å². The number of amides is 5. The number of carboxylic acids is 6. The van der Waals surface area contributed by atoms with E-state index in [9.17, 15) is 100 Å². The first-order valence-corrected chi connectivity index (χ1v) is 45.1. The predicted molar refractivity (Wildman–Crippen MR) is 465 cm³/mol. The Morgan fingerprint density at radius 3 is 1.10 bits per heavy atom. The minimum atomic E-state index is -4.22. The second kappa shape index (κ2) is 47.7. The molecule has 5 amide bonds. The van der Waals surface area contributed by atoms with Crippen LogP contribution in [0.3, 0.4) is 0 Å². The maximum atomic E-state index is 13.1. The number of benzene rings is 5. The number of carbonyl (C=O) groups is 16. The topological polar surface area (TPSA) is 494 Å². The van der Waals surface area contributed by atoms with Gasteiger partial charge < -0.3 is 65.1 Å². The number of thiol groups is 1. The van der Waals surface area contributed by atoms with Gasteiger partial charge in [0.2, 0.25) is 10.0 Å². The van der Waals surface area contributed by atoms with Gasteiger partial charge in [-0.1, -0.05) is 121 Å². The van der Waals surface area contributed by atoms with Crippen molar-refractivity contribution < 1.29 is 121 Å². The Kier molecular flexibility index (Phi) is 39.8. The molecule has 123 heavy (non-hydrogen) atoms. The molecule has 0 saturated heterocycles. The van der Waals surface area contributed by atoms with Crippen LogP contribution in [0.25, 0.3) is 0 Å². The average Bonchev–Trinajstić information content (AvgIpc) is 1.48. The second-order valence-corrected chi connectivity index (χ2v) is 37.5. The molecule has 9 N–H and O–H groups in total. The van der Waals surface area contributed by atoms with Crippen LogP contribution < -0.4 is 10.0 Å². The van der Waals surface area contributed by atoms with E-state index in [2.05, 4.69) is 12.6 Å². The lowest BCUT2D eigenvalue weighted by molar-refractivity contribution is -0.139. The third kappa shape index (κ3) is 30.3. The summed E-state index contributed by atoms with van der Waals surface area (Å²) in [5.74, 6) is -9.87. The number of nitrogens with two attached hydrogens (primary N) is 1.